The molecular weight excluding hydrogens is 454 g/mol. The molecule has 0 fully saturated rings. The predicted molar refractivity (Wildman–Crippen MR) is 138 cm³/mol. The third-order valence-corrected chi connectivity index (χ3v) is 6.87. The van der Waals surface area contributed by atoms with Crippen LogP contribution in [0, 0.1) is 0 Å². The summed E-state index contributed by atoms with van der Waals surface area (Å²) < 4.78 is 5.96. The summed E-state index contributed by atoms with van der Waals surface area (Å²) in [6.45, 7) is 2.92. The van der Waals surface area contributed by atoms with E-state index in [-0.39, 0.29) is 0 Å². The number of nitrogens with one attached hydrogen (secondary N) is 3. The number of aromatic nitrogens is 3. The first-order valence-corrected chi connectivity index (χ1v) is 12.3. The Labute approximate surface area is 210 Å². The van der Waals surface area contributed by atoms with Crippen LogP contribution in [0.25, 0.3) is 17.0 Å². The Morgan fingerprint density at radius 3 is 3.00 bits per heavy atom. The number of H-pyrrole nitrogens is 2. The van der Waals surface area contributed by atoms with Crippen molar-refractivity contribution in [1.82, 2.24) is 25.3 Å². The second kappa shape index (κ2) is 11.3. The largest absolute Gasteiger partial charge is 0.374 e. The molecule has 1 unspecified atom stereocenters. The number of imidazole rings is 1. The van der Waals surface area contributed by atoms with Gasteiger partial charge in [0.25, 0.3) is 5.91 Å². The van der Waals surface area contributed by atoms with Crippen molar-refractivity contribution in [3.63, 3.8) is 0 Å². The summed E-state index contributed by atoms with van der Waals surface area (Å²) >= 11 is 0. The van der Waals surface area contributed by atoms with Gasteiger partial charge >= 0.3 is 0 Å². The van der Waals surface area contributed by atoms with Gasteiger partial charge in [0.2, 0.25) is 0 Å². The molecule has 2 heterocycles. The van der Waals surface area contributed by atoms with Crippen LogP contribution in [0.2, 0.25) is 0 Å². The fraction of sp³-hybridized carbons (Fsp3) is 0.286. The molecule has 1 amide bonds. The highest BCUT2D eigenvalue weighted by Gasteiger charge is 2.28. The van der Waals surface area contributed by atoms with Crippen molar-refractivity contribution >= 4 is 22.9 Å². The molecule has 8 heteroatoms. The zero-order valence-corrected chi connectivity index (χ0v) is 20.1. The van der Waals surface area contributed by atoms with Crippen LogP contribution < -0.4 is 5.48 Å². The fourth-order valence-electron chi connectivity index (χ4n) is 5.06. The summed E-state index contributed by atoms with van der Waals surface area (Å²) in [6.07, 6.45) is 11.6. The number of carbonyl (C=O) groups excluding carboxylic acids is 1. The summed E-state index contributed by atoms with van der Waals surface area (Å²) in [5.74, 6) is -0.535. The topological polar surface area (TPSA) is 106 Å². The number of aromatic amines is 2. The quantitative estimate of drug-likeness (QED) is 0.110. The van der Waals surface area contributed by atoms with Gasteiger partial charge in [0, 0.05) is 42.3 Å². The van der Waals surface area contributed by atoms with Crippen LogP contribution in [-0.2, 0) is 29.0 Å². The fourth-order valence-corrected chi connectivity index (χ4v) is 5.06. The van der Waals surface area contributed by atoms with Gasteiger partial charge in [-0.2, -0.15) is 0 Å². The number of para-hydroxylation sites is 1. The summed E-state index contributed by atoms with van der Waals surface area (Å²) in [5.41, 5.74) is 8.70. The van der Waals surface area contributed by atoms with Gasteiger partial charge in [0.1, 0.15) is 0 Å². The lowest BCUT2D eigenvalue weighted by Crippen LogP contribution is -2.33. The number of hydrogen-bond acceptors (Lipinski definition) is 5. The Balaban J connectivity index is 1.30. The molecule has 0 radical (unpaired) electrons. The van der Waals surface area contributed by atoms with Crippen LogP contribution >= 0.6 is 0 Å². The Bertz CT molecular complexity index is 1330. The molecule has 2 aromatic heterocycles. The number of nitrogens with zero attached hydrogens (tertiary/aromatic N) is 2. The molecule has 0 saturated heterocycles. The third-order valence-electron chi connectivity index (χ3n) is 6.87. The summed E-state index contributed by atoms with van der Waals surface area (Å²) in [5, 5.41) is 9.99. The Hall–Kier alpha value is -3.72. The molecule has 4 N–H and O–H groups in total. The highest BCUT2D eigenvalue weighted by molar-refractivity contribution is 5.90. The van der Waals surface area contributed by atoms with E-state index in [1.54, 1.807) is 24.1 Å². The maximum Gasteiger partial charge on any atom is 0.267 e. The lowest BCUT2D eigenvalue weighted by molar-refractivity contribution is -0.124. The van der Waals surface area contributed by atoms with Crippen LogP contribution in [0.1, 0.15) is 40.4 Å². The van der Waals surface area contributed by atoms with E-state index in [1.165, 1.54) is 33.7 Å². The zero-order valence-electron chi connectivity index (χ0n) is 20.1. The number of amides is 1. The lowest BCUT2D eigenvalue weighted by Gasteiger charge is -2.29. The molecule has 5 rings (SSSR count). The van der Waals surface area contributed by atoms with Crippen LogP contribution in [0.4, 0.5) is 0 Å². The van der Waals surface area contributed by atoms with Crippen molar-refractivity contribution in [2.75, 3.05) is 19.7 Å². The third kappa shape index (κ3) is 5.57. The van der Waals surface area contributed by atoms with E-state index < -0.39 is 5.91 Å². The Morgan fingerprint density at radius 1 is 1.22 bits per heavy atom. The maximum atomic E-state index is 11.3. The van der Waals surface area contributed by atoms with Gasteiger partial charge in [-0.15, -0.1) is 0 Å². The number of benzene rings is 2. The van der Waals surface area contributed by atoms with Crippen molar-refractivity contribution in [3.05, 3.63) is 95.2 Å². The van der Waals surface area contributed by atoms with Crippen LogP contribution in [0.15, 0.2) is 67.3 Å². The second-order valence-electron chi connectivity index (χ2n) is 9.10. The molecule has 1 atom stereocenters. The Morgan fingerprint density at radius 2 is 2.14 bits per heavy atom. The summed E-state index contributed by atoms with van der Waals surface area (Å²) in [6, 6.07) is 15.1. The smallest absolute Gasteiger partial charge is 0.267 e. The van der Waals surface area contributed by atoms with E-state index in [9.17, 15) is 4.79 Å². The van der Waals surface area contributed by atoms with Gasteiger partial charge in [-0.05, 0) is 53.7 Å². The van der Waals surface area contributed by atoms with Gasteiger partial charge < -0.3 is 14.7 Å². The van der Waals surface area contributed by atoms with Crippen molar-refractivity contribution in [2.45, 2.75) is 31.9 Å². The Kier molecular flexibility index (Phi) is 7.56. The predicted octanol–water partition coefficient (Wildman–Crippen LogP) is 4.16. The molecule has 0 aliphatic heterocycles. The summed E-state index contributed by atoms with van der Waals surface area (Å²) in [7, 11) is 0. The minimum absolute atomic E-state index is 0.319. The second-order valence-corrected chi connectivity index (χ2v) is 9.10. The minimum atomic E-state index is -0.535. The van der Waals surface area contributed by atoms with E-state index in [4.69, 9.17) is 9.94 Å². The number of fused-ring (bicyclic) bond motifs is 2. The molecule has 0 spiro atoms. The van der Waals surface area contributed by atoms with E-state index in [1.807, 2.05) is 6.07 Å². The van der Waals surface area contributed by atoms with Crippen LogP contribution in [0.5, 0.6) is 0 Å². The number of carbonyl (C=O) groups is 1. The van der Waals surface area contributed by atoms with E-state index in [0.29, 0.717) is 19.3 Å². The van der Waals surface area contributed by atoms with Gasteiger partial charge in [-0.25, -0.2) is 10.5 Å². The number of hydroxylamine groups is 1. The van der Waals surface area contributed by atoms with Crippen LogP contribution in [-0.4, -0.2) is 50.7 Å². The minimum Gasteiger partial charge on any atom is -0.374 e. The van der Waals surface area contributed by atoms with E-state index >= 15 is 0 Å². The monoisotopic (exact) mass is 485 g/mol. The average Bonchev–Trinajstić information content (AvgIpc) is 3.67. The zero-order chi connectivity index (χ0) is 24.7. The first-order chi connectivity index (χ1) is 17.7. The maximum absolute atomic E-state index is 11.3. The normalized spacial score (nSPS) is 15.2. The lowest BCUT2D eigenvalue weighted by atomic mass is 10.0. The van der Waals surface area contributed by atoms with Crippen molar-refractivity contribution in [1.29, 1.82) is 0 Å². The standard InChI is InChI=1S/C28H31N5O3/c34-28(32-35)10-6-20-5-8-25-21(15-20)7-9-27(25)33(13-14-36-18-23-17-29-19-31-23)12-11-22-16-30-26-4-2-1-3-24(22)26/h1-6,8,10,15-17,19,27,30,35H,7,9,11-14,18H2,(H,29,31)(H,32,34). The van der Waals surface area contributed by atoms with Gasteiger partial charge in [-0.1, -0.05) is 36.4 Å². The molecule has 186 valence electrons. The van der Waals surface area contributed by atoms with E-state index in [0.717, 1.165) is 43.6 Å². The first kappa shape index (κ1) is 24.0. The SMILES string of the molecule is O=C(C=Cc1ccc2c(c1)CCC2N(CCOCc1cnc[nH]1)CCc1c[nH]c2ccccc12)NO. The number of rotatable bonds is 11. The molecule has 1 aliphatic carbocycles. The highest BCUT2D eigenvalue weighted by atomic mass is 16.5. The number of aryl methyl sites for hydroxylation is 1. The first-order valence-electron chi connectivity index (χ1n) is 12.3. The molecule has 0 saturated carbocycles. The van der Waals surface area contributed by atoms with Crippen LogP contribution in [0.3, 0.4) is 0 Å². The number of hydrogen-bond donors (Lipinski definition) is 4. The van der Waals surface area contributed by atoms with Gasteiger partial charge in [0.05, 0.1) is 31.4 Å². The molecule has 4 aromatic rings. The molecular formula is C28H31N5O3. The summed E-state index contributed by atoms with van der Waals surface area (Å²) in [4.78, 5) is 24.4. The molecule has 36 heavy (non-hydrogen) atoms. The van der Waals surface area contributed by atoms with Gasteiger partial charge in [0.15, 0.2) is 0 Å². The average molecular weight is 486 g/mol. The molecule has 0 bridgehead atoms. The highest BCUT2D eigenvalue weighted by Crippen LogP contribution is 2.36. The number of ether oxygens (including phenoxy) is 1. The molecule has 1 aliphatic rings. The van der Waals surface area contributed by atoms with Gasteiger partial charge in [-0.3, -0.25) is 14.9 Å². The van der Waals surface area contributed by atoms with Crippen molar-refractivity contribution in [3.8, 4) is 0 Å². The van der Waals surface area contributed by atoms with E-state index in [2.05, 4.69) is 62.4 Å². The van der Waals surface area contributed by atoms with Crippen molar-refractivity contribution < 1.29 is 14.7 Å². The van der Waals surface area contributed by atoms with Crippen molar-refractivity contribution in [2.24, 2.45) is 0 Å². The molecule has 8 nitrogen and oxygen atoms in total. The molecule has 2 aromatic carbocycles.